The van der Waals surface area contributed by atoms with Crippen molar-refractivity contribution < 1.29 is 22.7 Å². The van der Waals surface area contributed by atoms with E-state index in [0.29, 0.717) is 45.1 Å². The Bertz CT molecular complexity index is 639. The fourth-order valence-corrected chi connectivity index (χ4v) is 3.62. The van der Waals surface area contributed by atoms with E-state index in [1.54, 1.807) is 6.07 Å². The number of halogens is 3. The summed E-state index contributed by atoms with van der Waals surface area (Å²) < 4.78 is 44.0. The lowest BCUT2D eigenvalue weighted by atomic mass is 10.1. The predicted molar refractivity (Wildman–Crippen MR) is 96.7 cm³/mol. The minimum Gasteiger partial charge on any atom is -0.379 e. The number of hydrogen-bond donors (Lipinski definition) is 0. The number of amides is 1. The first-order valence-electron chi connectivity index (χ1n) is 9.35. The molecule has 150 valence electrons. The molecule has 2 heterocycles. The molecule has 1 atom stereocenters. The molecule has 1 aromatic rings. The molecular weight excluding hydrogens is 359 g/mol. The van der Waals surface area contributed by atoms with Crippen molar-refractivity contribution in [3.63, 3.8) is 0 Å². The van der Waals surface area contributed by atoms with Crippen molar-refractivity contribution >= 4 is 11.6 Å². The SMILES string of the molecule is C[C@@H](CN1CCOCC1)C(=O)N1CCN(c2cccc(C(F)(F)F)c2)CC1. The van der Waals surface area contributed by atoms with Crippen LogP contribution >= 0.6 is 0 Å². The lowest BCUT2D eigenvalue weighted by molar-refractivity contribution is -0.137. The van der Waals surface area contributed by atoms with Crippen molar-refractivity contribution in [3.05, 3.63) is 29.8 Å². The van der Waals surface area contributed by atoms with Crippen LogP contribution in [0.2, 0.25) is 0 Å². The Balaban J connectivity index is 1.53. The van der Waals surface area contributed by atoms with Gasteiger partial charge in [-0.2, -0.15) is 13.2 Å². The number of benzene rings is 1. The lowest BCUT2D eigenvalue weighted by Gasteiger charge is -2.38. The van der Waals surface area contributed by atoms with E-state index in [4.69, 9.17) is 4.74 Å². The third kappa shape index (κ3) is 5.13. The molecule has 1 aromatic carbocycles. The summed E-state index contributed by atoms with van der Waals surface area (Å²) in [6, 6.07) is 5.38. The fraction of sp³-hybridized carbons (Fsp3) is 0.632. The van der Waals surface area contributed by atoms with Gasteiger partial charge in [0.25, 0.3) is 0 Å². The van der Waals surface area contributed by atoms with Crippen LogP contribution < -0.4 is 4.90 Å². The van der Waals surface area contributed by atoms with Gasteiger partial charge in [0.2, 0.25) is 5.91 Å². The maximum atomic E-state index is 12.9. The molecule has 8 heteroatoms. The van der Waals surface area contributed by atoms with Gasteiger partial charge in [0.05, 0.1) is 18.8 Å². The average molecular weight is 385 g/mol. The third-order valence-corrected chi connectivity index (χ3v) is 5.19. The molecular formula is C19H26F3N3O2. The van der Waals surface area contributed by atoms with Gasteiger partial charge in [0.15, 0.2) is 0 Å². The number of nitrogens with zero attached hydrogens (tertiary/aromatic N) is 3. The van der Waals surface area contributed by atoms with E-state index in [-0.39, 0.29) is 11.8 Å². The maximum Gasteiger partial charge on any atom is 0.416 e. The summed E-state index contributed by atoms with van der Waals surface area (Å²) >= 11 is 0. The van der Waals surface area contributed by atoms with Crippen LogP contribution in [-0.4, -0.2) is 74.7 Å². The third-order valence-electron chi connectivity index (χ3n) is 5.19. The minimum atomic E-state index is -4.34. The van der Waals surface area contributed by atoms with Crippen molar-refractivity contribution in [1.82, 2.24) is 9.80 Å². The number of alkyl halides is 3. The number of ether oxygens (including phenoxy) is 1. The highest BCUT2D eigenvalue weighted by Gasteiger charge is 2.31. The quantitative estimate of drug-likeness (QED) is 0.797. The highest BCUT2D eigenvalue weighted by atomic mass is 19.4. The molecule has 2 aliphatic heterocycles. The van der Waals surface area contributed by atoms with E-state index in [1.165, 1.54) is 12.1 Å². The van der Waals surface area contributed by atoms with E-state index in [0.717, 1.165) is 25.7 Å². The summed E-state index contributed by atoms with van der Waals surface area (Å²) in [4.78, 5) is 18.7. The van der Waals surface area contributed by atoms with Crippen molar-refractivity contribution in [1.29, 1.82) is 0 Å². The Labute approximate surface area is 157 Å². The highest BCUT2D eigenvalue weighted by Crippen LogP contribution is 2.31. The van der Waals surface area contributed by atoms with Crippen LogP contribution in [0, 0.1) is 5.92 Å². The standard InChI is InChI=1S/C19H26F3N3O2/c1-15(14-23-9-11-27-12-10-23)18(26)25-7-5-24(6-8-25)17-4-2-3-16(13-17)19(20,21)22/h2-4,13,15H,5-12,14H2,1H3/t15-/m0/s1. The Morgan fingerprint density at radius 3 is 2.41 bits per heavy atom. The maximum absolute atomic E-state index is 12.9. The number of rotatable bonds is 4. The molecule has 0 radical (unpaired) electrons. The molecule has 0 aromatic heterocycles. The van der Waals surface area contributed by atoms with Crippen LogP contribution in [0.4, 0.5) is 18.9 Å². The molecule has 0 N–H and O–H groups in total. The second kappa shape index (κ2) is 8.48. The second-order valence-corrected chi connectivity index (χ2v) is 7.17. The van der Waals surface area contributed by atoms with Gasteiger partial charge in [0.1, 0.15) is 0 Å². The minimum absolute atomic E-state index is 0.0943. The van der Waals surface area contributed by atoms with Gasteiger partial charge < -0.3 is 14.5 Å². The van der Waals surface area contributed by atoms with E-state index >= 15 is 0 Å². The largest absolute Gasteiger partial charge is 0.416 e. The smallest absolute Gasteiger partial charge is 0.379 e. The van der Waals surface area contributed by atoms with E-state index < -0.39 is 11.7 Å². The Morgan fingerprint density at radius 1 is 1.11 bits per heavy atom. The van der Waals surface area contributed by atoms with E-state index in [2.05, 4.69) is 4.90 Å². The molecule has 3 rings (SSSR count). The van der Waals surface area contributed by atoms with Crippen molar-refractivity contribution in [2.24, 2.45) is 5.92 Å². The first-order valence-corrected chi connectivity index (χ1v) is 9.35. The van der Waals surface area contributed by atoms with Crippen LogP contribution in [0.15, 0.2) is 24.3 Å². The molecule has 2 aliphatic rings. The molecule has 0 aliphatic carbocycles. The van der Waals surface area contributed by atoms with Gasteiger partial charge >= 0.3 is 6.18 Å². The van der Waals surface area contributed by atoms with Crippen molar-refractivity contribution in [3.8, 4) is 0 Å². The highest BCUT2D eigenvalue weighted by molar-refractivity contribution is 5.79. The van der Waals surface area contributed by atoms with Gasteiger partial charge in [-0.05, 0) is 18.2 Å². The number of hydrogen-bond acceptors (Lipinski definition) is 4. The Kier molecular flexibility index (Phi) is 6.26. The normalized spacial score (nSPS) is 20.6. The number of piperazine rings is 1. The average Bonchev–Trinajstić information content (AvgIpc) is 2.68. The summed E-state index contributed by atoms with van der Waals surface area (Å²) in [5, 5.41) is 0. The summed E-state index contributed by atoms with van der Waals surface area (Å²) in [5.41, 5.74) is -0.0871. The summed E-state index contributed by atoms with van der Waals surface area (Å²) in [7, 11) is 0. The zero-order chi connectivity index (χ0) is 19.4. The number of carbonyl (C=O) groups excluding carboxylic acids is 1. The van der Waals surface area contributed by atoms with Gasteiger partial charge in [-0.1, -0.05) is 13.0 Å². The second-order valence-electron chi connectivity index (χ2n) is 7.17. The fourth-order valence-electron chi connectivity index (χ4n) is 3.62. The topological polar surface area (TPSA) is 36.0 Å². The van der Waals surface area contributed by atoms with E-state index in [1.807, 2.05) is 16.7 Å². The van der Waals surface area contributed by atoms with Crippen LogP contribution in [0.1, 0.15) is 12.5 Å². The van der Waals surface area contributed by atoms with E-state index in [9.17, 15) is 18.0 Å². The molecule has 1 amide bonds. The zero-order valence-electron chi connectivity index (χ0n) is 15.5. The summed E-state index contributed by atoms with van der Waals surface area (Å²) in [5.74, 6) is 0.0217. The summed E-state index contributed by atoms with van der Waals surface area (Å²) in [6.45, 7) is 7.90. The molecule has 0 saturated carbocycles. The molecule has 0 unspecified atom stereocenters. The first-order chi connectivity index (χ1) is 12.8. The van der Waals surface area contributed by atoms with Crippen LogP contribution in [-0.2, 0) is 15.7 Å². The van der Waals surface area contributed by atoms with Gasteiger partial charge in [0, 0.05) is 57.4 Å². The summed E-state index contributed by atoms with van der Waals surface area (Å²) in [6.07, 6.45) is -4.34. The van der Waals surface area contributed by atoms with Crippen LogP contribution in [0.5, 0.6) is 0 Å². The zero-order valence-corrected chi connectivity index (χ0v) is 15.5. The lowest BCUT2D eigenvalue weighted by Crippen LogP contribution is -2.51. The molecule has 2 saturated heterocycles. The number of anilines is 1. The number of morpholine rings is 1. The molecule has 27 heavy (non-hydrogen) atoms. The molecule has 2 fully saturated rings. The van der Waals surface area contributed by atoms with Crippen LogP contribution in [0.25, 0.3) is 0 Å². The molecule has 5 nitrogen and oxygen atoms in total. The van der Waals surface area contributed by atoms with Crippen molar-refractivity contribution in [2.45, 2.75) is 13.1 Å². The van der Waals surface area contributed by atoms with Gasteiger partial charge in [-0.25, -0.2) is 0 Å². The van der Waals surface area contributed by atoms with Gasteiger partial charge in [-0.3, -0.25) is 9.69 Å². The first kappa shape index (κ1) is 19.9. The molecule has 0 spiro atoms. The van der Waals surface area contributed by atoms with Gasteiger partial charge in [-0.15, -0.1) is 0 Å². The Hall–Kier alpha value is -1.80. The van der Waals surface area contributed by atoms with Crippen molar-refractivity contribution in [2.75, 3.05) is 63.9 Å². The van der Waals surface area contributed by atoms with Crippen LogP contribution in [0.3, 0.4) is 0 Å². The predicted octanol–water partition coefficient (Wildman–Crippen LogP) is 2.32. The monoisotopic (exact) mass is 385 g/mol. The Morgan fingerprint density at radius 2 is 1.78 bits per heavy atom. The number of carbonyl (C=O) groups is 1. The molecule has 0 bridgehead atoms.